The van der Waals surface area contributed by atoms with Crippen molar-refractivity contribution in [3.63, 3.8) is 0 Å². The Morgan fingerprint density at radius 3 is 2.81 bits per heavy atom. The molecule has 0 fully saturated rings. The zero-order valence-corrected chi connectivity index (χ0v) is 9.58. The van der Waals surface area contributed by atoms with Gasteiger partial charge in [0.1, 0.15) is 11.1 Å². The normalized spacial score (nSPS) is 10.0. The van der Waals surface area contributed by atoms with Crippen LogP contribution in [0.1, 0.15) is 18.2 Å². The first-order chi connectivity index (χ1) is 7.81. The topological polar surface area (TPSA) is 65.4 Å². The Morgan fingerprint density at radius 2 is 2.25 bits per heavy atom. The van der Waals surface area contributed by atoms with Gasteiger partial charge in [-0.05, 0) is 30.3 Å². The number of nitrogens with zero attached hydrogens (tertiary/aromatic N) is 3. The highest BCUT2D eigenvalue weighted by atomic mass is 32.2. The van der Waals surface area contributed by atoms with Gasteiger partial charge in [-0.2, -0.15) is 5.26 Å². The van der Waals surface area contributed by atoms with Crippen LogP contribution in [-0.4, -0.2) is 15.0 Å². The van der Waals surface area contributed by atoms with Crippen LogP contribution in [0.25, 0.3) is 0 Å². The molecule has 80 valence electrons. The second kappa shape index (κ2) is 4.81. The van der Waals surface area contributed by atoms with Crippen LogP contribution in [0.3, 0.4) is 0 Å². The number of imidazole rings is 1. The van der Waals surface area contributed by atoms with E-state index in [1.807, 2.05) is 18.3 Å². The summed E-state index contributed by atoms with van der Waals surface area (Å²) in [7, 11) is 0. The van der Waals surface area contributed by atoms with E-state index in [2.05, 4.69) is 21.9 Å². The highest BCUT2D eigenvalue weighted by Crippen LogP contribution is 2.22. The third-order valence-electron chi connectivity index (χ3n) is 2.05. The van der Waals surface area contributed by atoms with E-state index in [0.717, 1.165) is 22.3 Å². The lowest BCUT2D eigenvalue weighted by Crippen LogP contribution is -1.83. The first-order valence-electron chi connectivity index (χ1n) is 4.89. The van der Waals surface area contributed by atoms with Gasteiger partial charge in [-0.15, -0.1) is 0 Å². The fourth-order valence-electron chi connectivity index (χ4n) is 1.18. The predicted octanol–water partition coefficient (Wildman–Crippen LogP) is 2.39. The minimum absolute atomic E-state index is 0.568. The summed E-state index contributed by atoms with van der Waals surface area (Å²) >= 11 is 1.46. The molecular weight excluding hydrogens is 220 g/mol. The van der Waals surface area contributed by atoms with Gasteiger partial charge in [-0.1, -0.05) is 6.92 Å². The maximum absolute atomic E-state index is 8.64. The molecule has 4 nitrogen and oxygen atoms in total. The molecule has 0 aliphatic rings. The van der Waals surface area contributed by atoms with E-state index < -0.39 is 0 Å². The third kappa shape index (κ3) is 2.41. The monoisotopic (exact) mass is 230 g/mol. The van der Waals surface area contributed by atoms with E-state index in [1.165, 1.54) is 11.8 Å². The smallest absolute Gasteiger partial charge is 0.171 e. The third-order valence-corrected chi connectivity index (χ3v) is 2.90. The van der Waals surface area contributed by atoms with Crippen molar-refractivity contribution in [2.45, 2.75) is 23.5 Å². The second-order valence-corrected chi connectivity index (χ2v) is 4.18. The van der Waals surface area contributed by atoms with Crippen LogP contribution in [0.4, 0.5) is 0 Å². The summed E-state index contributed by atoms with van der Waals surface area (Å²) < 4.78 is 0. The summed E-state index contributed by atoms with van der Waals surface area (Å²) in [6.45, 7) is 2.07. The number of aromatic nitrogens is 3. The quantitative estimate of drug-likeness (QED) is 0.879. The number of H-pyrrole nitrogens is 1. The fourth-order valence-corrected chi connectivity index (χ4v) is 1.90. The van der Waals surface area contributed by atoms with Crippen LogP contribution >= 0.6 is 11.8 Å². The molecule has 16 heavy (non-hydrogen) atoms. The van der Waals surface area contributed by atoms with Crippen molar-refractivity contribution in [1.82, 2.24) is 15.0 Å². The molecule has 0 bridgehead atoms. The average Bonchev–Trinajstić information content (AvgIpc) is 2.78. The van der Waals surface area contributed by atoms with Gasteiger partial charge in [0, 0.05) is 18.1 Å². The summed E-state index contributed by atoms with van der Waals surface area (Å²) in [5.74, 6) is 0. The minimum atomic E-state index is 0.568. The second-order valence-electron chi connectivity index (χ2n) is 3.17. The first-order valence-corrected chi connectivity index (χ1v) is 5.71. The number of nitriles is 1. The molecule has 0 unspecified atom stereocenters. The Labute approximate surface area is 97.7 Å². The lowest BCUT2D eigenvalue weighted by Gasteiger charge is -1.96. The van der Waals surface area contributed by atoms with Crippen molar-refractivity contribution in [3.05, 3.63) is 35.8 Å². The number of hydrogen-bond acceptors (Lipinski definition) is 4. The molecule has 2 rings (SSSR count). The van der Waals surface area contributed by atoms with Crippen LogP contribution in [-0.2, 0) is 6.42 Å². The van der Waals surface area contributed by atoms with Crippen LogP contribution in [0.2, 0.25) is 0 Å². The molecule has 0 saturated carbocycles. The molecule has 0 spiro atoms. The number of rotatable bonds is 3. The molecule has 2 aromatic rings. The molecule has 2 aromatic heterocycles. The highest BCUT2D eigenvalue weighted by molar-refractivity contribution is 7.99. The van der Waals surface area contributed by atoms with E-state index in [9.17, 15) is 0 Å². The maximum Gasteiger partial charge on any atom is 0.171 e. The molecular formula is C11H10N4S. The van der Waals surface area contributed by atoms with Gasteiger partial charge in [0.2, 0.25) is 0 Å². The van der Waals surface area contributed by atoms with Gasteiger partial charge in [-0.3, -0.25) is 0 Å². The Hall–Kier alpha value is -1.80. The maximum atomic E-state index is 8.64. The van der Waals surface area contributed by atoms with Gasteiger partial charge in [0.25, 0.3) is 0 Å². The molecule has 0 saturated heterocycles. The van der Waals surface area contributed by atoms with Crippen molar-refractivity contribution >= 4 is 11.8 Å². The summed E-state index contributed by atoms with van der Waals surface area (Å²) in [4.78, 5) is 11.6. The zero-order valence-electron chi connectivity index (χ0n) is 8.77. The SMILES string of the molecule is CCc1cnc(Sc2ccc(C#N)cn2)[nH]1. The highest BCUT2D eigenvalue weighted by Gasteiger charge is 2.03. The van der Waals surface area contributed by atoms with Crippen LogP contribution in [0.5, 0.6) is 0 Å². The van der Waals surface area contributed by atoms with Crippen molar-refractivity contribution in [2.75, 3.05) is 0 Å². The van der Waals surface area contributed by atoms with E-state index in [0.29, 0.717) is 5.56 Å². The van der Waals surface area contributed by atoms with Crippen molar-refractivity contribution in [1.29, 1.82) is 5.26 Å². The van der Waals surface area contributed by atoms with Crippen LogP contribution < -0.4 is 0 Å². The van der Waals surface area contributed by atoms with E-state index in [-0.39, 0.29) is 0 Å². The molecule has 2 heterocycles. The number of aryl methyl sites for hydroxylation is 1. The standard InChI is InChI=1S/C11H10N4S/c1-2-9-7-14-11(15-9)16-10-4-3-8(5-12)6-13-10/h3-4,6-7H,2H2,1H3,(H,14,15). The number of pyridine rings is 1. The van der Waals surface area contributed by atoms with E-state index >= 15 is 0 Å². The van der Waals surface area contributed by atoms with E-state index in [1.54, 1.807) is 12.3 Å². The summed E-state index contributed by atoms with van der Waals surface area (Å²) in [6.07, 6.45) is 4.33. The van der Waals surface area contributed by atoms with Gasteiger partial charge >= 0.3 is 0 Å². The van der Waals surface area contributed by atoms with Crippen molar-refractivity contribution < 1.29 is 0 Å². The van der Waals surface area contributed by atoms with E-state index in [4.69, 9.17) is 5.26 Å². The largest absolute Gasteiger partial charge is 0.337 e. The van der Waals surface area contributed by atoms with Crippen molar-refractivity contribution in [2.24, 2.45) is 0 Å². The molecule has 0 aliphatic carbocycles. The number of aromatic amines is 1. The summed E-state index contributed by atoms with van der Waals surface area (Å²) in [5, 5.41) is 10.3. The molecule has 0 aliphatic heterocycles. The minimum Gasteiger partial charge on any atom is -0.337 e. The van der Waals surface area contributed by atoms with Gasteiger partial charge < -0.3 is 4.98 Å². The molecule has 0 amide bonds. The van der Waals surface area contributed by atoms with Crippen LogP contribution in [0.15, 0.2) is 34.7 Å². The van der Waals surface area contributed by atoms with Crippen molar-refractivity contribution in [3.8, 4) is 6.07 Å². The number of nitrogens with one attached hydrogen (secondary N) is 1. The Morgan fingerprint density at radius 1 is 1.38 bits per heavy atom. The molecule has 5 heteroatoms. The average molecular weight is 230 g/mol. The molecule has 0 radical (unpaired) electrons. The first kappa shape index (κ1) is 10.7. The Kier molecular flexibility index (Phi) is 3.22. The Balaban J connectivity index is 2.11. The number of hydrogen-bond donors (Lipinski definition) is 1. The molecule has 0 atom stereocenters. The van der Waals surface area contributed by atoms with Gasteiger partial charge in [0.05, 0.1) is 5.56 Å². The fraction of sp³-hybridized carbons (Fsp3) is 0.182. The summed E-state index contributed by atoms with van der Waals surface area (Å²) in [6, 6.07) is 5.60. The predicted molar refractivity (Wildman–Crippen MR) is 61.0 cm³/mol. The van der Waals surface area contributed by atoms with Gasteiger partial charge in [0.15, 0.2) is 5.16 Å². The Bertz CT molecular complexity index is 510. The lowest BCUT2D eigenvalue weighted by atomic mass is 10.3. The summed E-state index contributed by atoms with van der Waals surface area (Å²) in [5.41, 5.74) is 1.68. The zero-order chi connectivity index (χ0) is 11.4. The van der Waals surface area contributed by atoms with Gasteiger partial charge in [-0.25, -0.2) is 9.97 Å². The molecule has 1 N–H and O–H groups in total. The lowest BCUT2D eigenvalue weighted by molar-refractivity contribution is 0.987. The van der Waals surface area contributed by atoms with Crippen LogP contribution in [0, 0.1) is 11.3 Å². The molecule has 0 aromatic carbocycles.